The van der Waals surface area contributed by atoms with Crippen LogP contribution in [0.4, 0.5) is 16.2 Å². The fourth-order valence-electron chi connectivity index (χ4n) is 4.04. The van der Waals surface area contributed by atoms with Crippen molar-refractivity contribution in [3.63, 3.8) is 0 Å². The second kappa shape index (κ2) is 10.8. The summed E-state index contributed by atoms with van der Waals surface area (Å²) in [5.41, 5.74) is 4.59. The van der Waals surface area contributed by atoms with Crippen LogP contribution in [0.15, 0.2) is 30.3 Å². The lowest BCUT2D eigenvalue weighted by Crippen LogP contribution is -2.31. The lowest BCUT2D eigenvalue weighted by Gasteiger charge is -2.31. The molecule has 168 valence electrons. The van der Waals surface area contributed by atoms with Gasteiger partial charge < -0.3 is 29.7 Å². The number of amides is 2. The van der Waals surface area contributed by atoms with Gasteiger partial charge in [0.2, 0.25) is 5.75 Å². The highest BCUT2D eigenvalue weighted by molar-refractivity contribution is 5.90. The molecule has 0 radical (unpaired) electrons. The molecule has 0 aromatic heterocycles. The van der Waals surface area contributed by atoms with Crippen LogP contribution in [0.25, 0.3) is 0 Å². The Hall–Kier alpha value is -3.09. The quantitative estimate of drug-likeness (QED) is 0.626. The highest BCUT2D eigenvalue weighted by atomic mass is 16.5. The summed E-state index contributed by atoms with van der Waals surface area (Å²) in [5, 5.41) is 5.75. The molecule has 2 amide bonds. The fourth-order valence-corrected chi connectivity index (χ4v) is 4.04. The van der Waals surface area contributed by atoms with Gasteiger partial charge in [0.15, 0.2) is 11.5 Å². The van der Waals surface area contributed by atoms with E-state index in [1.165, 1.54) is 23.2 Å². The standard InChI is InChI=1S/C24H33N3O4/c1-5-12-27-13-6-7-18-14-17(8-9-20(18)27)10-11-25-24(28)26-19-15-21(29-2)23(31-4)22(16-19)30-3/h8-9,14-16H,5-7,10-13H2,1-4H3,(H2,25,26,28). The normalized spacial score (nSPS) is 12.7. The van der Waals surface area contributed by atoms with Crippen molar-refractivity contribution >= 4 is 17.4 Å². The zero-order chi connectivity index (χ0) is 22.2. The molecule has 7 nitrogen and oxygen atoms in total. The number of ether oxygens (including phenoxy) is 3. The van der Waals surface area contributed by atoms with E-state index < -0.39 is 0 Å². The number of carbonyl (C=O) groups is 1. The molecule has 0 atom stereocenters. The van der Waals surface area contributed by atoms with Gasteiger partial charge in [-0.05, 0) is 42.9 Å². The second-order valence-corrected chi connectivity index (χ2v) is 7.60. The zero-order valence-electron chi connectivity index (χ0n) is 18.9. The van der Waals surface area contributed by atoms with Gasteiger partial charge in [-0.15, -0.1) is 0 Å². The molecule has 2 N–H and O–H groups in total. The first-order valence-corrected chi connectivity index (χ1v) is 10.8. The summed E-state index contributed by atoms with van der Waals surface area (Å²) in [5.74, 6) is 1.47. The summed E-state index contributed by atoms with van der Waals surface area (Å²) in [6.45, 7) is 5.02. The van der Waals surface area contributed by atoms with Crippen LogP contribution in [-0.2, 0) is 12.8 Å². The van der Waals surface area contributed by atoms with Gasteiger partial charge >= 0.3 is 6.03 Å². The summed E-state index contributed by atoms with van der Waals surface area (Å²) >= 11 is 0. The van der Waals surface area contributed by atoms with E-state index in [2.05, 4.69) is 40.7 Å². The molecule has 2 aromatic carbocycles. The molecule has 1 aliphatic heterocycles. The maximum atomic E-state index is 12.4. The van der Waals surface area contributed by atoms with Crippen LogP contribution in [-0.4, -0.2) is 47.0 Å². The molecule has 2 aromatic rings. The number of urea groups is 1. The third-order valence-electron chi connectivity index (χ3n) is 5.47. The molecule has 3 rings (SSSR count). The molecule has 0 spiro atoms. The van der Waals surface area contributed by atoms with E-state index >= 15 is 0 Å². The highest BCUT2D eigenvalue weighted by Gasteiger charge is 2.17. The maximum absolute atomic E-state index is 12.4. The Morgan fingerprint density at radius 1 is 1.06 bits per heavy atom. The van der Waals surface area contributed by atoms with Crippen LogP contribution in [0.3, 0.4) is 0 Å². The largest absolute Gasteiger partial charge is 0.493 e. The van der Waals surface area contributed by atoms with Crippen LogP contribution in [0.5, 0.6) is 17.2 Å². The van der Waals surface area contributed by atoms with E-state index in [1.807, 2.05) is 0 Å². The molecule has 0 saturated heterocycles. The topological polar surface area (TPSA) is 72.1 Å². The van der Waals surface area contributed by atoms with Crippen LogP contribution in [0.2, 0.25) is 0 Å². The number of aryl methyl sites for hydroxylation is 1. The van der Waals surface area contributed by atoms with Gasteiger partial charge in [-0.1, -0.05) is 19.1 Å². The summed E-state index contributed by atoms with van der Waals surface area (Å²) < 4.78 is 16.0. The number of hydrogen-bond donors (Lipinski definition) is 2. The molecule has 0 saturated carbocycles. The Bertz CT molecular complexity index is 875. The molecule has 0 unspecified atom stereocenters. The van der Waals surface area contributed by atoms with Gasteiger partial charge in [-0.2, -0.15) is 0 Å². The average Bonchev–Trinajstić information content (AvgIpc) is 2.78. The van der Waals surface area contributed by atoms with Gasteiger partial charge in [0.1, 0.15) is 0 Å². The van der Waals surface area contributed by atoms with E-state index in [4.69, 9.17) is 14.2 Å². The first-order valence-electron chi connectivity index (χ1n) is 10.8. The number of nitrogens with one attached hydrogen (secondary N) is 2. The van der Waals surface area contributed by atoms with E-state index in [0.717, 1.165) is 32.4 Å². The van der Waals surface area contributed by atoms with Crippen LogP contribution in [0, 0.1) is 0 Å². The minimum Gasteiger partial charge on any atom is -0.493 e. The average molecular weight is 428 g/mol. The number of benzene rings is 2. The third-order valence-corrected chi connectivity index (χ3v) is 5.47. The van der Waals surface area contributed by atoms with Crippen molar-refractivity contribution in [2.24, 2.45) is 0 Å². The molecule has 1 heterocycles. The first kappa shape index (κ1) is 22.6. The van der Waals surface area contributed by atoms with E-state index in [0.29, 0.717) is 29.5 Å². The number of nitrogens with zero attached hydrogens (tertiary/aromatic N) is 1. The van der Waals surface area contributed by atoms with Crippen molar-refractivity contribution < 1.29 is 19.0 Å². The lowest BCUT2D eigenvalue weighted by molar-refractivity contribution is 0.252. The Morgan fingerprint density at radius 3 is 2.45 bits per heavy atom. The van der Waals surface area contributed by atoms with Gasteiger partial charge in [0.05, 0.1) is 27.0 Å². The van der Waals surface area contributed by atoms with Crippen molar-refractivity contribution in [3.05, 3.63) is 41.5 Å². The Morgan fingerprint density at radius 2 is 1.81 bits per heavy atom. The third kappa shape index (κ3) is 5.54. The smallest absolute Gasteiger partial charge is 0.319 e. The highest BCUT2D eigenvalue weighted by Crippen LogP contribution is 2.39. The Balaban J connectivity index is 1.56. The number of hydrogen-bond acceptors (Lipinski definition) is 5. The number of carbonyl (C=O) groups excluding carboxylic acids is 1. The van der Waals surface area contributed by atoms with Crippen LogP contribution in [0.1, 0.15) is 30.9 Å². The second-order valence-electron chi connectivity index (χ2n) is 7.60. The number of methoxy groups -OCH3 is 3. The van der Waals surface area contributed by atoms with E-state index in [1.54, 1.807) is 33.5 Å². The Kier molecular flexibility index (Phi) is 7.87. The summed E-state index contributed by atoms with van der Waals surface area (Å²) in [6.07, 6.45) is 4.26. The van der Waals surface area contributed by atoms with E-state index in [9.17, 15) is 4.79 Å². The summed E-state index contributed by atoms with van der Waals surface area (Å²) in [4.78, 5) is 14.8. The molecular weight excluding hydrogens is 394 g/mol. The minimum atomic E-state index is -0.277. The lowest BCUT2D eigenvalue weighted by atomic mass is 9.98. The minimum absolute atomic E-state index is 0.277. The first-order chi connectivity index (χ1) is 15.1. The molecule has 1 aliphatic rings. The predicted octanol–water partition coefficient (Wildman–Crippen LogP) is 4.24. The van der Waals surface area contributed by atoms with Gasteiger partial charge in [-0.25, -0.2) is 4.79 Å². The van der Waals surface area contributed by atoms with Crippen LogP contribution < -0.4 is 29.7 Å². The monoisotopic (exact) mass is 427 g/mol. The molecule has 31 heavy (non-hydrogen) atoms. The Labute approximate surface area is 184 Å². The fraction of sp³-hybridized carbons (Fsp3) is 0.458. The van der Waals surface area contributed by atoms with E-state index in [-0.39, 0.29) is 6.03 Å². The molecular formula is C24H33N3O4. The van der Waals surface area contributed by atoms with Crippen LogP contribution >= 0.6 is 0 Å². The van der Waals surface area contributed by atoms with Crippen molar-refractivity contribution in [2.75, 3.05) is 51.2 Å². The predicted molar refractivity (Wildman–Crippen MR) is 124 cm³/mol. The SMILES string of the molecule is CCCN1CCCc2cc(CCNC(=O)Nc3cc(OC)c(OC)c(OC)c3)ccc21. The van der Waals surface area contributed by atoms with Crippen molar-refractivity contribution in [1.29, 1.82) is 0 Å². The zero-order valence-corrected chi connectivity index (χ0v) is 18.9. The molecule has 7 heteroatoms. The van der Waals surface area contributed by atoms with Crippen molar-refractivity contribution in [3.8, 4) is 17.2 Å². The van der Waals surface area contributed by atoms with Gasteiger partial charge in [-0.3, -0.25) is 0 Å². The number of rotatable bonds is 9. The summed E-state index contributed by atoms with van der Waals surface area (Å²) in [7, 11) is 4.63. The molecule has 0 aliphatic carbocycles. The number of anilines is 2. The summed E-state index contributed by atoms with van der Waals surface area (Å²) in [6, 6.07) is 9.82. The van der Waals surface area contributed by atoms with Crippen molar-refractivity contribution in [2.45, 2.75) is 32.6 Å². The molecule has 0 bridgehead atoms. The maximum Gasteiger partial charge on any atom is 0.319 e. The number of fused-ring (bicyclic) bond motifs is 1. The molecule has 0 fully saturated rings. The van der Waals surface area contributed by atoms with Gasteiger partial charge in [0, 0.05) is 37.5 Å². The van der Waals surface area contributed by atoms with Crippen molar-refractivity contribution in [1.82, 2.24) is 5.32 Å². The van der Waals surface area contributed by atoms with Gasteiger partial charge in [0.25, 0.3) is 0 Å².